The third kappa shape index (κ3) is 5.76. The quantitative estimate of drug-likeness (QED) is 0.367. The fourth-order valence-electron chi connectivity index (χ4n) is 3.86. The zero-order valence-electron chi connectivity index (χ0n) is 20.0. The molecule has 0 aliphatic heterocycles. The second-order valence-electron chi connectivity index (χ2n) is 8.36. The van der Waals surface area contributed by atoms with Gasteiger partial charge in [-0.05, 0) is 53.8 Å². The molecule has 0 heterocycles. The van der Waals surface area contributed by atoms with Crippen LogP contribution < -0.4 is 11.1 Å². The fraction of sp³-hybridized carbons (Fsp3) is 0.240. The lowest BCUT2D eigenvalue weighted by Gasteiger charge is -2.28. The molecule has 0 aromatic heterocycles. The maximum atomic E-state index is 13.3. The highest BCUT2D eigenvalue weighted by atomic mass is 35.5. The average molecular weight is 528 g/mol. The van der Waals surface area contributed by atoms with Gasteiger partial charge in [-0.25, -0.2) is 8.42 Å². The summed E-state index contributed by atoms with van der Waals surface area (Å²) in [5.41, 5.74) is 10.1. The molecule has 36 heavy (non-hydrogen) atoms. The van der Waals surface area contributed by atoms with E-state index in [1.54, 1.807) is 49.4 Å². The Morgan fingerprint density at radius 1 is 1.33 bits per heavy atom. The number of oxime groups is 1. The maximum absolute atomic E-state index is 13.3. The molecule has 9 nitrogen and oxygen atoms in total. The van der Waals surface area contributed by atoms with E-state index in [-0.39, 0.29) is 23.6 Å². The summed E-state index contributed by atoms with van der Waals surface area (Å²) in [5, 5.41) is 24.6. The predicted molar refractivity (Wildman–Crippen MR) is 140 cm³/mol. The number of amides is 1. The van der Waals surface area contributed by atoms with Gasteiger partial charge in [-0.3, -0.25) is 4.79 Å². The molecule has 1 aliphatic rings. The van der Waals surface area contributed by atoms with Crippen LogP contribution in [0.5, 0.6) is 0 Å². The standard InChI is InChI=1S/C25H26ClN5O4S/c1-15-16(8-11-22(30-33)24(15)28)13-23(31(2)36(3,34)35)25(32)29-21-10-9-17(12-20(21)26)19-7-5-4-6-18(19)14-27/h4-10,12,23,33H,11,13,28H2,1-3H3,(H,29,32)/t23-/m0/s1. The van der Waals surface area contributed by atoms with E-state index in [9.17, 15) is 18.5 Å². The van der Waals surface area contributed by atoms with Crippen LogP contribution in [0.15, 0.2) is 70.5 Å². The average Bonchev–Trinajstić information content (AvgIpc) is 2.85. The molecule has 188 valence electrons. The summed E-state index contributed by atoms with van der Waals surface area (Å²) < 4.78 is 25.7. The van der Waals surface area contributed by atoms with Crippen molar-refractivity contribution in [3.05, 3.63) is 76.0 Å². The van der Waals surface area contributed by atoms with E-state index >= 15 is 0 Å². The van der Waals surface area contributed by atoms with Crippen molar-refractivity contribution in [2.75, 3.05) is 18.6 Å². The van der Waals surface area contributed by atoms with Gasteiger partial charge in [-0.15, -0.1) is 0 Å². The van der Waals surface area contributed by atoms with Gasteiger partial charge in [0.2, 0.25) is 15.9 Å². The number of benzene rings is 2. The number of nitrogens with one attached hydrogen (secondary N) is 1. The molecule has 0 spiro atoms. The summed E-state index contributed by atoms with van der Waals surface area (Å²) >= 11 is 6.46. The molecule has 2 aromatic carbocycles. The predicted octanol–water partition coefficient (Wildman–Crippen LogP) is 3.86. The van der Waals surface area contributed by atoms with Crippen LogP contribution in [0, 0.1) is 11.3 Å². The molecule has 0 radical (unpaired) electrons. The number of sulfonamides is 1. The second-order valence-corrected chi connectivity index (χ2v) is 10.8. The first-order chi connectivity index (χ1) is 17.0. The summed E-state index contributed by atoms with van der Waals surface area (Å²) in [4.78, 5) is 13.3. The molecule has 1 amide bonds. The lowest BCUT2D eigenvalue weighted by molar-refractivity contribution is -0.119. The first-order valence-electron chi connectivity index (χ1n) is 10.9. The van der Waals surface area contributed by atoms with Crippen molar-refractivity contribution in [2.45, 2.75) is 25.8 Å². The van der Waals surface area contributed by atoms with Crippen molar-refractivity contribution < 1.29 is 18.4 Å². The van der Waals surface area contributed by atoms with Crippen molar-refractivity contribution in [2.24, 2.45) is 10.9 Å². The third-order valence-electron chi connectivity index (χ3n) is 6.12. The zero-order valence-corrected chi connectivity index (χ0v) is 21.6. The normalized spacial score (nSPS) is 16.0. The Kier molecular flexibility index (Phi) is 8.20. The van der Waals surface area contributed by atoms with Crippen LogP contribution in [0.4, 0.5) is 5.69 Å². The number of carbonyl (C=O) groups excluding carboxylic acids is 1. The van der Waals surface area contributed by atoms with Crippen LogP contribution >= 0.6 is 11.6 Å². The minimum Gasteiger partial charge on any atom is -0.411 e. The number of hydrogen-bond donors (Lipinski definition) is 3. The largest absolute Gasteiger partial charge is 0.411 e. The van der Waals surface area contributed by atoms with Crippen LogP contribution in [0.2, 0.25) is 5.02 Å². The molecule has 2 aromatic rings. The van der Waals surface area contributed by atoms with E-state index in [1.165, 1.54) is 7.05 Å². The minimum absolute atomic E-state index is 0.0475. The molecule has 0 bridgehead atoms. The van der Waals surface area contributed by atoms with Crippen LogP contribution in [0.3, 0.4) is 0 Å². The van der Waals surface area contributed by atoms with E-state index in [4.69, 9.17) is 22.5 Å². The Morgan fingerprint density at radius 2 is 2.03 bits per heavy atom. The summed E-state index contributed by atoms with van der Waals surface area (Å²) in [6.07, 6.45) is 3.07. The van der Waals surface area contributed by atoms with Crippen LogP contribution in [0.25, 0.3) is 11.1 Å². The third-order valence-corrected chi connectivity index (χ3v) is 7.74. The molecule has 0 unspecified atom stereocenters. The molecule has 4 N–H and O–H groups in total. The molecule has 0 fully saturated rings. The van der Waals surface area contributed by atoms with Crippen molar-refractivity contribution in [1.29, 1.82) is 5.26 Å². The monoisotopic (exact) mass is 527 g/mol. The lowest BCUT2D eigenvalue weighted by Crippen LogP contribution is -2.45. The number of likely N-dealkylation sites (N-methyl/N-ethyl adjacent to an activating group) is 1. The number of halogens is 1. The van der Waals surface area contributed by atoms with Crippen molar-refractivity contribution >= 4 is 38.9 Å². The van der Waals surface area contributed by atoms with Gasteiger partial charge in [0.25, 0.3) is 0 Å². The number of nitrogens with zero attached hydrogens (tertiary/aromatic N) is 3. The molecule has 1 atom stereocenters. The Morgan fingerprint density at radius 3 is 2.64 bits per heavy atom. The fourth-order valence-corrected chi connectivity index (χ4v) is 4.72. The molecular formula is C25H26ClN5O4S. The highest BCUT2D eigenvalue weighted by Crippen LogP contribution is 2.32. The van der Waals surface area contributed by atoms with Gasteiger partial charge in [0.1, 0.15) is 11.8 Å². The summed E-state index contributed by atoms with van der Waals surface area (Å²) in [7, 11) is -2.40. The van der Waals surface area contributed by atoms with Crippen molar-refractivity contribution in [3.63, 3.8) is 0 Å². The van der Waals surface area contributed by atoms with Crippen molar-refractivity contribution in [1.82, 2.24) is 4.31 Å². The lowest BCUT2D eigenvalue weighted by atomic mass is 9.90. The molecule has 11 heteroatoms. The number of allylic oxidation sites excluding steroid dienone is 3. The molecular weight excluding hydrogens is 502 g/mol. The van der Waals surface area contributed by atoms with Gasteiger partial charge in [0.15, 0.2) is 0 Å². The summed E-state index contributed by atoms with van der Waals surface area (Å²) in [5.74, 6) is -0.580. The van der Waals surface area contributed by atoms with E-state index in [0.717, 1.165) is 10.6 Å². The summed E-state index contributed by atoms with van der Waals surface area (Å²) in [6, 6.07) is 13.1. The van der Waals surface area contributed by atoms with E-state index < -0.39 is 22.0 Å². The van der Waals surface area contributed by atoms with Crippen LogP contribution in [-0.2, 0) is 14.8 Å². The molecule has 3 rings (SSSR count). The Balaban J connectivity index is 1.90. The first-order valence-corrected chi connectivity index (χ1v) is 13.1. The topological polar surface area (TPSA) is 149 Å². The minimum atomic E-state index is -3.73. The van der Waals surface area contributed by atoms with Crippen LogP contribution in [-0.4, -0.2) is 48.9 Å². The van der Waals surface area contributed by atoms with Gasteiger partial charge in [0, 0.05) is 13.5 Å². The number of nitriles is 1. The van der Waals surface area contributed by atoms with E-state index in [2.05, 4.69) is 16.5 Å². The number of anilines is 1. The Bertz CT molecular complexity index is 1440. The highest BCUT2D eigenvalue weighted by molar-refractivity contribution is 7.88. The SMILES string of the molecule is CC1=C(N)C(=NO)CC=C1C[C@@H](C(=O)Nc1ccc(-c2ccccc2C#N)cc1Cl)N(C)S(C)(=O)=O. The van der Waals surface area contributed by atoms with Crippen LogP contribution in [0.1, 0.15) is 25.3 Å². The van der Waals surface area contributed by atoms with Gasteiger partial charge >= 0.3 is 0 Å². The van der Waals surface area contributed by atoms with Crippen molar-refractivity contribution in [3.8, 4) is 17.2 Å². The van der Waals surface area contributed by atoms with Gasteiger partial charge in [-0.2, -0.15) is 9.57 Å². The Hall–Kier alpha value is -3.65. The highest BCUT2D eigenvalue weighted by Gasteiger charge is 2.32. The number of hydrogen-bond acceptors (Lipinski definition) is 7. The first kappa shape index (κ1) is 26.9. The second kappa shape index (κ2) is 11.0. The number of rotatable bonds is 7. The zero-order chi connectivity index (χ0) is 26.6. The Labute approximate surface area is 215 Å². The number of nitrogens with two attached hydrogens (primary N) is 1. The summed E-state index contributed by atoms with van der Waals surface area (Å²) in [6.45, 7) is 1.72. The number of carbonyl (C=O) groups is 1. The molecule has 0 saturated carbocycles. The van der Waals surface area contributed by atoms with Gasteiger partial charge < -0.3 is 16.3 Å². The van der Waals surface area contributed by atoms with Gasteiger partial charge in [0.05, 0.1) is 34.3 Å². The smallest absolute Gasteiger partial charge is 0.243 e. The molecule has 0 saturated heterocycles. The van der Waals surface area contributed by atoms with E-state index in [1.807, 2.05) is 6.07 Å². The van der Waals surface area contributed by atoms with E-state index in [0.29, 0.717) is 39.2 Å². The molecule has 1 aliphatic carbocycles. The maximum Gasteiger partial charge on any atom is 0.243 e. The van der Waals surface area contributed by atoms with Gasteiger partial charge in [-0.1, -0.05) is 47.1 Å².